The highest BCUT2D eigenvalue weighted by Crippen LogP contribution is 2.17. The van der Waals surface area contributed by atoms with Gasteiger partial charge in [0, 0.05) is 51.3 Å². The third kappa shape index (κ3) is 5.77. The highest BCUT2D eigenvalue weighted by Gasteiger charge is 2.24. The zero-order valence-electron chi connectivity index (χ0n) is 15.5. The van der Waals surface area contributed by atoms with E-state index in [9.17, 15) is 0 Å². The van der Waals surface area contributed by atoms with Crippen LogP contribution in [0.1, 0.15) is 22.0 Å². The van der Waals surface area contributed by atoms with Crippen LogP contribution >= 0.6 is 35.3 Å². The van der Waals surface area contributed by atoms with E-state index in [1.807, 2.05) is 7.05 Å². The van der Waals surface area contributed by atoms with Crippen LogP contribution in [0.5, 0.6) is 0 Å². The van der Waals surface area contributed by atoms with Crippen molar-refractivity contribution in [1.82, 2.24) is 20.1 Å². The molecule has 1 aromatic heterocycles. The Hall–Kier alpha value is -0.450. The summed E-state index contributed by atoms with van der Waals surface area (Å²) in [5, 5.41) is 4.63. The van der Waals surface area contributed by atoms with Gasteiger partial charge in [-0.05, 0) is 26.2 Å². The molecular formula is C17H30IN5OS. The number of nitrogens with one attached hydrogen (secondary N) is 1. The van der Waals surface area contributed by atoms with Gasteiger partial charge in [0.1, 0.15) is 0 Å². The first-order valence-electron chi connectivity index (χ1n) is 8.84. The molecule has 0 aliphatic carbocycles. The molecular weight excluding hydrogens is 449 g/mol. The third-order valence-corrected chi connectivity index (χ3v) is 5.90. The van der Waals surface area contributed by atoms with E-state index in [0.29, 0.717) is 0 Å². The molecule has 2 fully saturated rings. The van der Waals surface area contributed by atoms with Crippen molar-refractivity contribution in [2.45, 2.75) is 26.8 Å². The van der Waals surface area contributed by atoms with Crippen molar-refractivity contribution in [3.05, 3.63) is 15.6 Å². The van der Waals surface area contributed by atoms with Crippen LogP contribution in [0.4, 0.5) is 0 Å². The van der Waals surface area contributed by atoms with Gasteiger partial charge in [0.2, 0.25) is 0 Å². The van der Waals surface area contributed by atoms with Crippen LogP contribution in [0.25, 0.3) is 0 Å². The lowest BCUT2D eigenvalue weighted by molar-refractivity contribution is 0.139. The Bertz CT molecular complexity index is 565. The van der Waals surface area contributed by atoms with Gasteiger partial charge < -0.3 is 15.0 Å². The molecule has 142 valence electrons. The summed E-state index contributed by atoms with van der Waals surface area (Å²) in [5.74, 6) is 1.73. The number of halogens is 1. The lowest BCUT2D eigenvalue weighted by Crippen LogP contribution is -2.53. The van der Waals surface area contributed by atoms with Crippen molar-refractivity contribution in [2.24, 2.45) is 10.9 Å². The van der Waals surface area contributed by atoms with Crippen LogP contribution in [-0.2, 0) is 11.3 Å². The molecule has 0 amide bonds. The molecule has 0 radical (unpaired) electrons. The van der Waals surface area contributed by atoms with E-state index in [1.54, 1.807) is 11.3 Å². The second-order valence-corrected chi connectivity index (χ2v) is 7.95. The Morgan fingerprint density at radius 2 is 2.08 bits per heavy atom. The maximum atomic E-state index is 5.49. The molecule has 1 N–H and O–H groups in total. The third-order valence-electron chi connectivity index (χ3n) is 4.83. The van der Waals surface area contributed by atoms with E-state index < -0.39 is 0 Å². The Balaban J connectivity index is 0.00000225. The summed E-state index contributed by atoms with van der Waals surface area (Å²) in [6.45, 7) is 12.3. The molecule has 2 aliphatic heterocycles. The number of thiazole rings is 1. The maximum Gasteiger partial charge on any atom is 0.194 e. The Morgan fingerprint density at radius 1 is 1.32 bits per heavy atom. The molecule has 25 heavy (non-hydrogen) atoms. The van der Waals surface area contributed by atoms with Gasteiger partial charge in [-0.3, -0.25) is 9.89 Å². The quantitative estimate of drug-likeness (QED) is 0.408. The summed E-state index contributed by atoms with van der Waals surface area (Å²) in [5.41, 5.74) is 1.13. The van der Waals surface area contributed by atoms with E-state index in [-0.39, 0.29) is 24.0 Å². The number of guanidine groups is 1. The van der Waals surface area contributed by atoms with E-state index >= 15 is 0 Å². The molecule has 0 bridgehead atoms. The van der Waals surface area contributed by atoms with Crippen LogP contribution < -0.4 is 5.32 Å². The minimum Gasteiger partial charge on any atom is -0.381 e. The molecule has 0 aromatic carbocycles. The smallest absolute Gasteiger partial charge is 0.194 e. The van der Waals surface area contributed by atoms with Gasteiger partial charge in [0.25, 0.3) is 0 Å². The number of nitrogens with zero attached hydrogens (tertiary/aromatic N) is 4. The Morgan fingerprint density at radius 3 is 2.64 bits per heavy atom. The first kappa shape index (κ1) is 20.9. The molecule has 1 aromatic rings. The van der Waals surface area contributed by atoms with Gasteiger partial charge in [-0.1, -0.05) is 0 Å². The van der Waals surface area contributed by atoms with Crippen molar-refractivity contribution < 1.29 is 4.74 Å². The van der Waals surface area contributed by atoms with Gasteiger partial charge in [0.15, 0.2) is 5.96 Å². The van der Waals surface area contributed by atoms with Gasteiger partial charge in [-0.2, -0.15) is 0 Å². The topological polar surface area (TPSA) is 53.0 Å². The van der Waals surface area contributed by atoms with Crippen molar-refractivity contribution in [1.29, 1.82) is 0 Å². The summed E-state index contributed by atoms with van der Waals surface area (Å²) in [6.07, 6.45) is 1.22. The van der Waals surface area contributed by atoms with Crippen molar-refractivity contribution in [3.8, 4) is 0 Å². The van der Waals surface area contributed by atoms with Crippen molar-refractivity contribution >= 4 is 41.3 Å². The fourth-order valence-electron chi connectivity index (χ4n) is 3.46. The second-order valence-electron chi connectivity index (χ2n) is 6.66. The Labute approximate surface area is 172 Å². The fourth-order valence-corrected chi connectivity index (χ4v) is 4.34. The molecule has 3 heterocycles. The number of piperazine rings is 1. The molecule has 2 aliphatic rings. The highest BCUT2D eigenvalue weighted by atomic mass is 127. The molecule has 8 heteroatoms. The van der Waals surface area contributed by atoms with Gasteiger partial charge in [0.05, 0.1) is 23.9 Å². The van der Waals surface area contributed by atoms with E-state index in [1.165, 1.54) is 17.8 Å². The predicted molar refractivity (Wildman–Crippen MR) is 114 cm³/mol. The highest BCUT2D eigenvalue weighted by molar-refractivity contribution is 14.0. The van der Waals surface area contributed by atoms with Crippen molar-refractivity contribution in [2.75, 3.05) is 53.0 Å². The summed E-state index contributed by atoms with van der Waals surface area (Å²) < 4.78 is 5.49. The summed E-state index contributed by atoms with van der Waals surface area (Å²) in [4.78, 5) is 15.2. The number of rotatable bonds is 4. The van der Waals surface area contributed by atoms with E-state index in [0.717, 1.165) is 68.5 Å². The SMILES string of the molecule is CN=C(NCc1sc(C)nc1C)N1CCN(CC2CCOC2)CC1.I. The van der Waals surface area contributed by atoms with Gasteiger partial charge in [-0.25, -0.2) is 4.98 Å². The lowest BCUT2D eigenvalue weighted by Gasteiger charge is -2.37. The minimum atomic E-state index is 0. The zero-order chi connectivity index (χ0) is 16.9. The molecule has 1 unspecified atom stereocenters. The second kappa shape index (κ2) is 10.0. The first-order chi connectivity index (χ1) is 11.7. The van der Waals surface area contributed by atoms with Gasteiger partial charge >= 0.3 is 0 Å². The van der Waals surface area contributed by atoms with Crippen LogP contribution in [0.3, 0.4) is 0 Å². The summed E-state index contributed by atoms with van der Waals surface area (Å²) >= 11 is 1.76. The normalized spacial score (nSPS) is 22.1. The largest absolute Gasteiger partial charge is 0.381 e. The van der Waals surface area contributed by atoms with Crippen LogP contribution in [-0.4, -0.2) is 73.7 Å². The number of aliphatic imine (C=N–C) groups is 1. The number of hydrogen-bond acceptors (Lipinski definition) is 5. The zero-order valence-corrected chi connectivity index (χ0v) is 18.6. The van der Waals surface area contributed by atoms with Crippen LogP contribution in [0.2, 0.25) is 0 Å². The molecule has 2 saturated heterocycles. The number of aromatic nitrogens is 1. The average molecular weight is 479 g/mol. The van der Waals surface area contributed by atoms with Crippen LogP contribution in [0, 0.1) is 19.8 Å². The molecule has 6 nitrogen and oxygen atoms in total. The standard InChI is InChI=1S/C17H29N5OS.HI/c1-13-16(24-14(2)20-13)10-19-17(18-3)22-7-5-21(6-8-22)11-15-4-9-23-12-15;/h15H,4-12H2,1-3H3,(H,18,19);1H. The molecule has 1 atom stereocenters. The molecule has 0 spiro atoms. The number of aryl methyl sites for hydroxylation is 2. The Kier molecular flexibility index (Phi) is 8.37. The monoisotopic (exact) mass is 479 g/mol. The van der Waals surface area contributed by atoms with Crippen molar-refractivity contribution in [3.63, 3.8) is 0 Å². The molecule has 3 rings (SSSR count). The molecule has 0 saturated carbocycles. The maximum absolute atomic E-state index is 5.49. The lowest BCUT2D eigenvalue weighted by atomic mass is 10.1. The minimum absolute atomic E-state index is 0. The van der Waals surface area contributed by atoms with E-state index in [4.69, 9.17) is 4.74 Å². The summed E-state index contributed by atoms with van der Waals surface area (Å²) in [6, 6.07) is 0. The average Bonchev–Trinajstić information content (AvgIpc) is 3.19. The fraction of sp³-hybridized carbons (Fsp3) is 0.765. The van der Waals surface area contributed by atoms with Crippen LogP contribution in [0.15, 0.2) is 4.99 Å². The van der Waals surface area contributed by atoms with Gasteiger partial charge in [-0.15, -0.1) is 35.3 Å². The number of hydrogen-bond donors (Lipinski definition) is 1. The first-order valence-corrected chi connectivity index (χ1v) is 9.66. The number of ether oxygens (including phenoxy) is 1. The summed E-state index contributed by atoms with van der Waals surface area (Å²) in [7, 11) is 1.87. The predicted octanol–water partition coefficient (Wildman–Crippen LogP) is 2.11. The van der Waals surface area contributed by atoms with E-state index in [2.05, 4.69) is 38.9 Å².